The van der Waals surface area contributed by atoms with Crippen molar-refractivity contribution in [1.82, 2.24) is 0 Å². The van der Waals surface area contributed by atoms with Gasteiger partial charge < -0.3 is 5.32 Å². The lowest BCUT2D eigenvalue weighted by molar-refractivity contribution is -0.112. The number of ketones is 1. The van der Waals surface area contributed by atoms with Crippen LogP contribution < -0.4 is 5.32 Å². The minimum absolute atomic E-state index is 0.373. The Hall–Kier alpha value is -1.00. The minimum atomic E-state index is -0.578. The summed E-state index contributed by atoms with van der Waals surface area (Å²) >= 11 is 7.77. The number of carbonyl (C=O) groups is 2. The molecular formula is C13H14ClNO2S. The number of thioether (sulfide) groups is 1. The van der Waals surface area contributed by atoms with Crippen molar-refractivity contribution in [3.05, 3.63) is 22.7 Å². The van der Waals surface area contributed by atoms with Crippen molar-refractivity contribution in [2.45, 2.75) is 25.2 Å². The van der Waals surface area contributed by atoms with Gasteiger partial charge in [0.05, 0.1) is 16.3 Å². The molecule has 0 saturated heterocycles. The fourth-order valence-electron chi connectivity index (χ4n) is 1.66. The summed E-state index contributed by atoms with van der Waals surface area (Å²) in [6, 6.07) is 3.36. The number of benzene rings is 1. The van der Waals surface area contributed by atoms with Gasteiger partial charge in [-0.1, -0.05) is 25.4 Å². The highest BCUT2D eigenvalue weighted by Gasteiger charge is 2.29. The third-order valence-electron chi connectivity index (χ3n) is 2.72. The first-order valence-electron chi connectivity index (χ1n) is 5.81. The molecule has 3 nitrogen and oxygen atoms in total. The van der Waals surface area contributed by atoms with Gasteiger partial charge in [-0.05, 0) is 30.2 Å². The van der Waals surface area contributed by atoms with Crippen LogP contribution in [0.1, 0.15) is 30.6 Å². The van der Waals surface area contributed by atoms with Gasteiger partial charge in [0, 0.05) is 4.90 Å². The average molecular weight is 284 g/mol. The van der Waals surface area contributed by atoms with Gasteiger partial charge in [0.25, 0.3) is 11.7 Å². The number of fused-ring (bicyclic) bond motifs is 1. The van der Waals surface area contributed by atoms with Crippen molar-refractivity contribution in [2.75, 3.05) is 11.1 Å². The largest absolute Gasteiger partial charge is 0.318 e. The molecule has 0 unspecified atom stereocenters. The third-order valence-corrected chi connectivity index (χ3v) is 4.24. The molecule has 0 saturated carbocycles. The number of amides is 1. The van der Waals surface area contributed by atoms with Crippen LogP contribution in [0.3, 0.4) is 0 Å². The molecule has 1 aromatic rings. The second-order valence-electron chi connectivity index (χ2n) is 4.64. The van der Waals surface area contributed by atoms with Gasteiger partial charge in [0.1, 0.15) is 0 Å². The van der Waals surface area contributed by atoms with E-state index in [1.54, 1.807) is 23.9 Å². The SMILES string of the molecule is CC(C)CCSc1cc2c(cc1Cl)C(=O)C(=O)N2. The summed E-state index contributed by atoms with van der Waals surface area (Å²) in [5, 5.41) is 3.09. The van der Waals surface area contributed by atoms with E-state index in [-0.39, 0.29) is 0 Å². The van der Waals surface area contributed by atoms with Gasteiger partial charge >= 0.3 is 0 Å². The number of carbonyl (C=O) groups excluding carboxylic acids is 2. The van der Waals surface area contributed by atoms with Gasteiger partial charge in [0.15, 0.2) is 0 Å². The summed E-state index contributed by atoms with van der Waals surface area (Å²) in [4.78, 5) is 23.6. The Balaban J connectivity index is 2.17. The van der Waals surface area contributed by atoms with E-state index in [2.05, 4.69) is 19.2 Å². The molecule has 0 bridgehead atoms. The predicted molar refractivity (Wildman–Crippen MR) is 74.6 cm³/mol. The molecule has 1 N–H and O–H groups in total. The molecule has 96 valence electrons. The monoisotopic (exact) mass is 283 g/mol. The van der Waals surface area contributed by atoms with E-state index in [9.17, 15) is 9.59 Å². The highest BCUT2D eigenvalue weighted by atomic mass is 35.5. The Labute approximate surface area is 115 Å². The minimum Gasteiger partial charge on any atom is -0.318 e. The van der Waals surface area contributed by atoms with Gasteiger partial charge in [-0.25, -0.2) is 0 Å². The van der Waals surface area contributed by atoms with Crippen LogP contribution in [0.5, 0.6) is 0 Å². The topological polar surface area (TPSA) is 46.2 Å². The molecule has 1 heterocycles. The lowest BCUT2D eigenvalue weighted by Gasteiger charge is -2.08. The van der Waals surface area contributed by atoms with Crippen molar-refractivity contribution in [3.63, 3.8) is 0 Å². The molecule has 0 atom stereocenters. The summed E-state index contributed by atoms with van der Waals surface area (Å²) in [6.45, 7) is 4.34. The maximum atomic E-state index is 11.5. The van der Waals surface area contributed by atoms with Crippen LogP contribution in [0, 0.1) is 5.92 Å². The molecule has 0 fully saturated rings. The number of hydrogen-bond donors (Lipinski definition) is 1. The van der Waals surface area contributed by atoms with Gasteiger partial charge in [-0.3, -0.25) is 9.59 Å². The number of anilines is 1. The molecule has 2 rings (SSSR count). The summed E-state index contributed by atoms with van der Waals surface area (Å²) in [5.41, 5.74) is 0.944. The number of hydrogen-bond acceptors (Lipinski definition) is 3. The van der Waals surface area contributed by atoms with Crippen LogP contribution in [0.25, 0.3) is 0 Å². The first-order chi connectivity index (χ1) is 8.49. The summed E-state index contributed by atoms with van der Waals surface area (Å²) in [7, 11) is 0. The third kappa shape index (κ3) is 2.70. The van der Waals surface area contributed by atoms with Crippen molar-refractivity contribution in [2.24, 2.45) is 5.92 Å². The number of nitrogens with one attached hydrogen (secondary N) is 1. The van der Waals surface area contributed by atoms with Crippen molar-refractivity contribution in [3.8, 4) is 0 Å². The van der Waals surface area contributed by atoms with E-state index in [4.69, 9.17) is 11.6 Å². The zero-order valence-electron chi connectivity index (χ0n) is 10.2. The fraction of sp³-hybridized carbons (Fsp3) is 0.385. The van der Waals surface area contributed by atoms with Gasteiger partial charge in [-0.15, -0.1) is 11.8 Å². The van der Waals surface area contributed by atoms with E-state index in [0.29, 0.717) is 22.2 Å². The van der Waals surface area contributed by atoms with E-state index in [1.165, 1.54) is 0 Å². The molecular weight excluding hydrogens is 270 g/mol. The Morgan fingerprint density at radius 2 is 2.06 bits per heavy atom. The fourth-order valence-corrected chi connectivity index (χ4v) is 3.20. The second kappa shape index (κ2) is 5.33. The summed E-state index contributed by atoms with van der Waals surface area (Å²) < 4.78 is 0. The average Bonchev–Trinajstić information content (AvgIpc) is 2.55. The van der Waals surface area contributed by atoms with E-state index < -0.39 is 11.7 Å². The Morgan fingerprint density at radius 3 is 2.72 bits per heavy atom. The zero-order chi connectivity index (χ0) is 13.3. The molecule has 1 aromatic carbocycles. The highest BCUT2D eigenvalue weighted by Crippen LogP contribution is 2.35. The molecule has 18 heavy (non-hydrogen) atoms. The Morgan fingerprint density at radius 1 is 1.33 bits per heavy atom. The molecule has 5 heteroatoms. The van der Waals surface area contributed by atoms with Crippen molar-refractivity contribution >= 4 is 40.7 Å². The molecule has 0 spiro atoms. The maximum absolute atomic E-state index is 11.5. The number of rotatable bonds is 4. The maximum Gasteiger partial charge on any atom is 0.296 e. The summed E-state index contributed by atoms with van der Waals surface area (Å²) in [6.07, 6.45) is 1.10. The molecule has 1 amide bonds. The van der Waals surface area contributed by atoms with Crippen LogP contribution in [0.4, 0.5) is 5.69 Å². The Kier molecular flexibility index (Phi) is 3.97. The van der Waals surface area contributed by atoms with Gasteiger partial charge in [0.2, 0.25) is 0 Å². The summed E-state index contributed by atoms with van der Waals surface area (Å²) in [5.74, 6) is 0.529. The molecule has 1 aliphatic heterocycles. The molecule has 0 radical (unpaired) electrons. The molecule has 0 aromatic heterocycles. The lowest BCUT2D eigenvalue weighted by atomic mass is 10.1. The van der Waals surface area contributed by atoms with Crippen molar-refractivity contribution < 1.29 is 9.59 Å². The predicted octanol–water partition coefficient (Wildman–Crippen LogP) is 3.61. The van der Waals surface area contributed by atoms with Crippen molar-refractivity contribution in [1.29, 1.82) is 0 Å². The molecule has 1 aliphatic rings. The van der Waals surface area contributed by atoms with Crippen LogP contribution in [-0.4, -0.2) is 17.4 Å². The highest BCUT2D eigenvalue weighted by molar-refractivity contribution is 7.99. The van der Waals surface area contributed by atoms with Crippen LogP contribution in [-0.2, 0) is 4.79 Å². The van der Waals surface area contributed by atoms with Crippen LogP contribution in [0.2, 0.25) is 5.02 Å². The smallest absolute Gasteiger partial charge is 0.296 e. The first-order valence-corrected chi connectivity index (χ1v) is 7.17. The second-order valence-corrected chi connectivity index (χ2v) is 6.19. The van der Waals surface area contributed by atoms with Crippen LogP contribution in [0.15, 0.2) is 17.0 Å². The standard InChI is InChI=1S/C13H14ClNO2S/c1-7(2)3-4-18-11-6-10-8(5-9(11)14)12(16)13(17)15-10/h5-7H,3-4H2,1-2H3,(H,15,16,17). The van der Waals surface area contributed by atoms with E-state index >= 15 is 0 Å². The molecule has 0 aliphatic carbocycles. The van der Waals surface area contributed by atoms with E-state index in [1.807, 2.05) is 0 Å². The quantitative estimate of drug-likeness (QED) is 0.678. The Bertz CT molecular complexity index is 514. The van der Waals surface area contributed by atoms with Gasteiger partial charge in [-0.2, -0.15) is 0 Å². The lowest BCUT2D eigenvalue weighted by Crippen LogP contribution is -2.12. The zero-order valence-corrected chi connectivity index (χ0v) is 11.8. The van der Waals surface area contributed by atoms with E-state index in [0.717, 1.165) is 17.1 Å². The first kappa shape index (κ1) is 13.4. The number of halogens is 1. The normalized spacial score (nSPS) is 14.0. The van der Waals surface area contributed by atoms with Crippen LogP contribution >= 0.6 is 23.4 Å². The number of Topliss-reactive ketones (excluding diaryl/α,β-unsaturated/α-hetero) is 1.